The fourth-order valence-corrected chi connectivity index (χ4v) is 1.77. The van der Waals surface area contributed by atoms with Crippen molar-refractivity contribution in [3.63, 3.8) is 0 Å². The van der Waals surface area contributed by atoms with Crippen molar-refractivity contribution in [1.29, 1.82) is 0 Å². The first kappa shape index (κ1) is 14.9. The van der Waals surface area contributed by atoms with Gasteiger partial charge in [-0.3, -0.25) is 0 Å². The molecule has 0 aliphatic carbocycles. The number of hydrogen-bond donors (Lipinski definition) is 1. The van der Waals surface area contributed by atoms with Gasteiger partial charge in [0, 0.05) is 24.6 Å². The highest BCUT2D eigenvalue weighted by Crippen LogP contribution is 2.32. The number of ether oxygens (including phenoxy) is 3. The summed E-state index contributed by atoms with van der Waals surface area (Å²) < 4.78 is 16.3. The van der Waals surface area contributed by atoms with Crippen LogP contribution < -0.4 is 19.9 Å². The van der Waals surface area contributed by atoms with Gasteiger partial charge in [0.1, 0.15) is 28.9 Å². The highest BCUT2D eigenvalue weighted by molar-refractivity contribution is 5.48. The van der Waals surface area contributed by atoms with Gasteiger partial charge in [0.15, 0.2) is 0 Å². The van der Waals surface area contributed by atoms with Crippen molar-refractivity contribution in [1.82, 2.24) is 9.97 Å². The number of methoxy groups -OCH3 is 2. The molecule has 0 unspecified atom stereocenters. The smallest absolute Gasteiger partial charge is 0.227 e. The normalized spacial score (nSPS) is 10.3. The lowest BCUT2D eigenvalue weighted by atomic mass is 10.3. The van der Waals surface area contributed by atoms with Crippen LogP contribution in [0.2, 0.25) is 0 Å². The maximum Gasteiger partial charge on any atom is 0.227 e. The minimum absolute atomic E-state index is 0.423. The molecule has 6 heteroatoms. The Bertz CT molecular complexity index is 622. The molecule has 2 N–H and O–H groups in total. The third-order valence-electron chi connectivity index (χ3n) is 3.04. The van der Waals surface area contributed by atoms with E-state index in [0.29, 0.717) is 46.8 Å². The van der Waals surface area contributed by atoms with Crippen LogP contribution >= 0.6 is 0 Å². The van der Waals surface area contributed by atoms with Crippen LogP contribution in [0, 0.1) is 6.92 Å². The van der Waals surface area contributed by atoms with E-state index in [1.54, 1.807) is 32.4 Å². The molecule has 0 aliphatic heterocycles. The van der Waals surface area contributed by atoms with Crippen LogP contribution in [0.25, 0.3) is 0 Å². The molecule has 2 rings (SSSR count). The van der Waals surface area contributed by atoms with Crippen LogP contribution in [0.4, 0.5) is 5.82 Å². The minimum Gasteiger partial charge on any atom is -0.496 e. The molecule has 0 radical (unpaired) electrons. The predicted molar refractivity (Wildman–Crippen MR) is 80.2 cm³/mol. The molecule has 112 valence electrons. The monoisotopic (exact) mass is 289 g/mol. The van der Waals surface area contributed by atoms with E-state index in [1.165, 1.54) is 0 Å². The molecule has 2 aromatic rings. The summed E-state index contributed by atoms with van der Waals surface area (Å²) in [6.45, 7) is 3.78. The van der Waals surface area contributed by atoms with Crippen LogP contribution in [0.15, 0.2) is 18.2 Å². The summed E-state index contributed by atoms with van der Waals surface area (Å²) in [4.78, 5) is 8.56. The molecule has 6 nitrogen and oxygen atoms in total. The van der Waals surface area contributed by atoms with E-state index in [2.05, 4.69) is 9.97 Å². The molecule has 1 aromatic heterocycles. The Morgan fingerprint density at radius 2 is 1.57 bits per heavy atom. The van der Waals surface area contributed by atoms with Gasteiger partial charge in [0.05, 0.1) is 19.8 Å². The first-order valence-electron chi connectivity index (χ1n) is 6.61. The second-order valence-corrected chi connectivity index (χ2v) is 4.46. The minimum atomic E-state index is 0.423. The Hall–Kier alpha value is -2.50. The lowest BCUT2D eigenvalue weighted by molar-refractivity contribution is 0.384. The first-order valence-corrected chi connectivity index (χ1v) is 6.61. The molecule has 0 atom stereocenters. The van der Waals surface area contributed by atoms with E-state index in [4.69, 9.17) is 19.9 Å². The average Bonchev–Trinajstić information content (AvgIpc) is 2.51. The number of benzene rings is 1. The largest absolute Gasteiger partial charge is 0.496 e. The quantitative estimate of drug-likeness (QED) is 0.911. The van der Waals surface area contributed by atoms with E-state index in [-0.39, 0.29) is 0 Å². The third kappa shape index (κ3) is 3.34. The fraction of sp³-hybridized carbons (Fsp3) is 0.333. The summed E-state index contributed by atoms with van der Waals surface area (Å²) in [6, 6.07) is 5.28. The Kier molecular flexibility index (Phi) is 4.47. The van der Waals surface area contributed by atoms with E-state index in [1.807, 2.05) is 13.8 Å². The molecule has 21 heavy (non-hydrogen) atoms. The number of rotatable bonds is 5. The van der Waals surface area contributed by atoms with Crippen LogP contribution in [-0.2, 0) is 6.42 Å². The van der Waals surface area contributed by atoms with Crippen molar-refractivity contribution >= 4 is 5.82 Å². The second-order valence-electron chi connectivity index (χ2n) is 4.46. The number of nitrogen functional groups attached to an aromatic ring is 1. The molecule has 0 saturated carbocycles. The van der Waals surface area contributed by atoms with Gasteiger partial charge in [-0.05, 0) is 6.92 Å². The van der Waals surface area contributed by atoms with E-state index in [9.17, 15) is 0 Å². The maximum absolute atomic E-state index is 5.88. The first-order chi connectivity index (χ1) is 10.1. The second kappa shape index (κ2) is 6.30. The van der Waals surface area contributed by atoms with Gasteiger partial charge in [-0.2, -0.15) is 4.98 Å². The van der Waals surface area contributed by atoms with Crippen molar-refractivity contribution in [3.8, 4) is 23.1 Å². The average molecular weight is 289 g/mol. The maximum atomic E-state index is 5.88. The van der Waals surface area contributed by atoms with Gasteiger partial charge >= 0.3 is 0 Å². The van der Waals surface area contributed by atoms with E-state index in [0.717, 1.165) is 0 Å². The lowest BCUT2D eigenvalue weighted by Gasteiger charge is -2.12. The molecule has 0 fully saturated rings. The molecular weight excluding hydrogens is 270 g/mol. The topological polar surface area (TPSA) is 79.5 Å². The van der Waals surface area contributed by atoms with Crippen molar-refractivity contribution < 1.29 is 14.2 Å². The summed E-state index contributed by atoms with van der Waals surface area (Å²) in [7, 11) is 3.17. The zero-order chi connectivity index (χ0) is 15.4. The van der Waals surface area contributed by atoms with Gasteiger partial charge in [0.25, 0.3) is 0 Å². The van der Waals surface area contributed by atoms with Crippen LogP contribution in [-0.4, -0.2) is 24.2 Å². The van der Waals surface area contributed by atoms with E-state index >= 15 is 0 Å². The summed E-state index contributed by atoms with van der Waals surface area (Å²) >= 11 is 0. The number of hydrogen-bond acceptors (Lipinski definition) is 6. The van der Waals surface area contributed by atoms with Crippen LogP contribution in [0.1, 0.15) is 18.3 Å². The predicted octanol–water partition coefficient (Wildman–Crippen LogP) is 2.74. The van der Waals surface area contributed by atoms with Crippen molar-refractivity contribution in [3.05, 3.63) is 29.6 Å². The molecule has 0 amide bonds. The summed E-state index contributed by atoms with van der Waals surface area (Å²) in [5.74, 6) is 3.35. The molecule has 0 spiro atoms. The molecule has 0 bridgehead atoms. The van der Waals surface area contributed by atoms with Crippen molar-refractivity contribution in [2.75, 3.05) is 20.0 Å². The van der Waals surface area contributed by atoms with Crippen molar-refractivity contribution in [2.45, 2.75) is 20.3 Å². The number of aromatic nitrogens is 2. The molecule has 0 aliphatic rings. The highest BCUT2D eigenvalue weighted by atomic mass is 16.5. The van der Waals surface area contributed by atoms with Crippen LogP contribution in [0.5, 0.6) is 23.1 Å². The molecular formula is C15H19N3O3. The summed E-state index contributed by atoms with van der Waals surface area (Å²) in [5, 5.41) is 0. The molecule has 1 aromatic carbocycles. The standard InChI is InChI=1S/C15H19N3O3/c1-5-13-17-14(16)9(2)15(18-13)21-12-7-10(19-3)6-11(8-12)20-4/h6-8H,5H2,1-4H3,(H2,16,17,18). The zero-order valence-corrected chi connectivity index (χ0v) is 12.6. The Balaban J connectivity index is 2.39. The van der Waals surface area contributed by atoms with E-state index < -0.39 is 0 Å². The zero-order valence-electron chi connectivity index (χ0n) is 12.6. The Morgan fingerprint density at radius 1 is 1.00 bits per heavy atom. The number of nitrogens with two attached hydrogens (primary N) is 1. The number of aryl methyl sites for hydroxylation is 1. The number of anilines is 1. The van der Waals surface area contributed by atoms with Gasteiger partial charge in [0.2, 0.25) is 5.88 Å². The molecule has 0 saturated heterocycles. The third-order valence-corrected chi connectivity index (χ3v) is 3.04. The molecule has 1 heterocycles. The lowest BCUT2D eigenvalue weighted by Crippen LogP contribution is -2.04. The van der Waals surface area contributed by atoms with Gasteiger partial charge in [-0.1, -0.05) is 6.92 Å². The highest BCUT2D eigenvalue weighted by Gasteiger charge is 2.11. The SMILES string of the molecule is CCc1nc(N)c(C)c(Oc2cc(OC)cc(OC)c2)n1. The van der Waals surface area contributed by atoms with Gasteiger partial charge in [-0.25, -0.2) is 4.98 Å². The summed E-state index contributed by atoms with van der Waals surface area (Å²) in [5.41, 5.74) is 6.59. The van der Waals surface area contributed by atoms with Gasteiger partial charge < -0.3 is 19.9 Å². The fourth-order valence-electron chi connectivity index (χ4n) is 1.77. The van der Waals surface area contributed by atoms with Crippen LogP contribution in [0.3, 0.4) is 0 Å². The van der Waals surface area contributed by atoms with Gasteiger partial charge in [-0.15, -0.1) is 0 Å². The number of nitrogens with zero attached hydrogens (tertiary/aromatic N) is 2. The van der Waals surface area contributed by atoms with Crippen molar-refractivity contribution in [2.24, 2.45) is 0 Å². The summed E-state index contributed by atoms with van der Waals surface area (Å²) in [6.07, 6.45) is 0.683. The Labute approximate surface area is 123 Å². The Morgan fingerprint density at radius 3 is 2.10 bits per heavy atom.